The van der Waals surface area contributed by atoms with E-state index in [1.165, 1.54) is 0 Å². The molecule has 1 aliphatic heterocycles. The van der Waals surface area contributed by atoms with Gasteiger partial charge in [-0.25, -0.2) is 0 Å². The van der Waals surface area contributed by atoms with E-state index in [0.717, 1.165) is 5.57 Å². The van der Waals surface area contributed by atoms with Crippen molar-refractivity contribution in [3.63, 3.8) is 0 Å². The van der Waals surface area contributed by atoms with Crippen LogP contribution in [-0.2, 0) is 14.3 Å². The molecule has 0 unspecified atom stereocenters. The zero-order chi connectivity index (χ0) is 34.9. The van der Waals surface area contributed by atoms with Crippen molar-refractivity contribution in [2.45, 2.75) is 149 Å². The molecule has 0 radical (unpaired) electrons. The largest absolute Gasteiger partial charge is 0.432 e. The number of fused-ring (bicyclic) bond motifs is 7. The Bertz CT molecular complexity index is 1280. The van der Waals surface area contributed by atoms with Crippen LogP contribution in [0.25, 0.3) is 0 Å². The molecule has 47 heavy (non-hydrogen) atoms. The Kier molecular flexibility index (Phi) is 8.48. The molecule has 6 aliphatic rings. The van der Waals surface area contributed by atoms with Gasteiger partial charge in [-0.05, 0) is 83.9 Å². The van der Waals surface area contributed by atoms with Crippen LogP contribution in [0.1, 0.15) is 93.4 Å². The van der Waals surface area contributed by atoms with Crippen molar-refractivity contribution in [1.29, 1.82) is 0 Å². The van der Waals surface area contributed by atoms with Gasteiger partial charge in [0.05, 0.1) is 36.4 Å². The highest BCUT2D eigenvalue weighted by Crippen LogP contribution is 2.75. The quantitative estimate of drug-likeness (QED) is 0.160. The van der Waals surface area contributed by atoms with Crippen LogP contribution in [0, 0.1) is 50.2 Å². The molecule has 0 aromatic heterocycles. The third-order valence-corrected chi connectivity index (χ3v) is 15.2. The van der Waals surface area contributed by atoms with Crippen molar-refractivity contribution in [2.75, 3.05) is 6.61 Å². The fourth-order valence-corrected chi connectivity index (χ4v) is 12.3. The van der Waals surface area contributed by atoms with E-state index in [2.05, 4.69) is 26.8 Å². The highest BCUT2D eigenvalue weighted by atomic mass is 16.7. The first-order valence-corrected chi connectivity index (χ1v) is 17.6. The average molecular weight is 667 g/mol. The first kappa shape index (κ1) is 35.7. The molecule has 16 atom stereocenters. The predicted molar refractivity (Wildman–Crippen MR) is 169 cm³/mol. The molecule has 11 heteroatoms. The summed E-state index contributed by atoms with van der Waals surface area (Å²) in [6.07, 6.45) is -5.78. The van der Waals surface area contributed by atoms with Crippen LogP contribution >= 0.6 is 0 Å². The van der Waals surface area contributed by atoms with Gasteiger partial charge in [0.15, 0.2) is 0 Å². The number of allylic oxidation sites excluding steroid dienone is 1. The first-order valence-electron chi connectivity index (χ1n) is 17.6. The summed E-state index contributed by atoms with van der Waals surface area (Å²) in [5, 5.41) is 87.3. The number of carbonyl (C=O) groups excluding carboxylic acids is 1. The van der Waals surface area contributed by atoms with Gasteiger partial charge in [-0.1, -0.05) is 60.1 Å². The monoisotopic (exact) mass is 666 g/mol. The molecule has 0 spiro atoms. The Hall–Kier alpha value is -1.15. The number of carbonyl (C=O) groups is 1. The fraction of sp³-hybridized carbons (Fsp3) is 0.917. The van der Waals surface area contributed by atoms with Gasteiger partial charge in [-0.2, -0.15) is 0 Å². The van der Waals surface area contributed by atoms with Gasteiger partial charge in [-0.15, -0.1) is 0 Å². The minimum Gasteiger partial charge on any atom is -0.432 e. The molecule has 0 amide bonds. The summed E-state index contributed by atoms with van der Waals surface area (Å²) < 4.78 is 11.4. The summed E-state index contributed by atoms with van der Waals surface area (Å²) in [5.74, 6) is -1.46. The number of aliphatic hydroxyl groups is 8. The van der Waals surface area contributed by atoms with Gasteiger partial charge < -0.3 is 50.3 Å². The van der Waals surface area contributed by atoms with E-state index < -0.39 is 106 Å². The molecule has 6 rings (SSSR count). The van der Waals surface area contributed by atoms with Crippen molar-refractivity contribution in [3.05, 3.63) is 11.6 Å². The number of esters is 1. The number of ether oxygens (including phenoxy) is 2. The number of hydrogen-bond acceptors (Lipinski definition) is 11. The van der Waals surface area contributed by atoms with Gasteiger partial charge >= 0.3 is 5.97 Å². The summed E-state index contributed by atoms with van der Waals surface area (Å²) in [7, 11) is 0. The lowest BCUT2D eigenvalue weighted by molar-refractivity contribution is -0.299. The van der Waals surface area contributed by atoms with Crippen molar-refractivity contribution >= 4 is 5.97 Å². The Morgan fingerprint density at radius 2 is 1.47 bits per heavy atom. The highest BCUT2D eigenvalue weighted by molar-refractivity contribution is 5.79. The molecule has 5 aliphatic carbocycles. The second-order valence-corrected chi connectivity index (χ2v) is 18.2. The van der Waals surface area contributed by atoms with Crippen LogP contribution in [0.4, 0.5) is 0 Å². The number of rotatable bonds is 3. The van der Waals surface area contributed by atoms with Crippen LogP contribution in [0.2, 0.25) is 0 Å². The zero-order valence-corrected chi connectivity index (χ0v) is 29.0. The van der Waals surface area contributed by atoms with E-state index >= 15 is 0 Å². The maximum atomic E-state index is 14.4. The second kappa shape index (κ2) is 11.2. The third kappa shape index (κ3) is 4.67. The molecule has 0 aromatic carbocycles. The first-order chi connectivity index (χ1) is 21.6. The van der Waals surface area contributed by atoms with Crippen LogP contribution < -0.4 is 0 Å². The normalized spacial score (nSPS) is 55.0. The summed E-state index contributed by atoms with van der Waals surface area (Å²) in [4.78, 5) is 14.4. The van der Waals surface area contributed by atoms with Gasteiger partial charge in [0, 0.05) is 5.92 Å². The molecule has 11 nitrogen and oxygen atoms in total. The Morgan fingerprint density at radius 1 is 0.830 bits per heavy atom. The molecular formula is C36H58O11. The predicted octanol–water partition coefficient (Wildman–Crippen LogP) is 1.40. The van der Waals surface area contributed by atoms with Crippen molar-refractivity contribution < 1.29 is 55.1 Å². The smallest absolute Gasteiger partial charge is 0.315 e. The van der Waals surface area contributed by atoms with E-state index in [-0.39, 0.29) is 11.8 Å². The molecule has 268 valence electrons. The molecule has 5 fully saturated rings. The maximum absolute atomic E-state index is 14.4. The molecule has 1 saturated heterocycles. The van der Waals surface area contributed by atoms with Crippen LogP contribution in [0.5, 0.6) is 0 Å². The second-order valence-electron chi connectivity index (χ2n) is 18.2. The van der Waals surface area contributed by atoms with E-state index in [0.29, 0.717) is 44.9 Å². The Labute approximate surface area is 278 Å². The van der Waals surface area contributed by atoms with Gasteiger partial charge in [0.1, 0.15) is 24.4 Å². The lowest BCUT2D eigenvalue weighted by Crippen LogP contribution is -2.71. The van der Waals surface area contributed by atoms with Gasteiger partial charge in [-0.3, -0.25) is 4.79 Å². The number of aliphatic hydroxyl groups excluding tert-OH is 8. The molecule has 4 saturated carbocycles. The van der Waals surface area contributed by atoms with Crippen LogP contribution in [0.15, 0.2) is 11.6 Å². The topological polar surface area (TPSA) is 197 Å². The highest BCUT2D eigenvalue weighted by Gasteiger charge is 2.73. The van der Waals surface area contributed by atoms with Crippen molar-refractivity contribution in [3.8, 4) is 0 Å². The lowest BCUT2D eigenvalue weighted by atomic mass is 9.32. The Morgan fingerprint density at radius 3 is 2.11 bits per heavy atom. The fourth-order valence-electron chi connectivity index (χ4n) is 12.3. The van der Waals surface area contributed by atoms with Crippen molar-refractivity contribution in [1.82, 2.24) is 0 Å². The Balaban J connectivity index is 1.41. The minimum atomic E-state index is -1.73. The lowest BCUT2D eigenvalue weighted by Gasteiger charge is -2.72. The molecule has 0 bridgehead atoms. The van der Waals surface area contributed by atoms with Crippen LogP contribution in [0.3, 0.4) is 0 Å². The molecule has 1 heterocycles. The molecule has 0 aromatic rings. The van der Waals surface area contributed by atoms with Crippen molar-refractivity contribution in [2.24, 2.45) is 50.2 Å². The maximum Gasteiger partial charge on any atom is 0.315 e. The minimum absolute atomic E-state index is 0.0564. The molecular weight excluding hydrogens is 608 g/mol. The molecule has 8 N–H and O–H groups in total. The van der Waals surface area contributed by atoms with Gasteiger partial charge in [0.2, 0.25) is 6.29 Å². The van der Waals surface area contributed by atoms with E-state index in [9.17, 15) is 45.6 Å². The number of hydrogen-bond donors (Lipinski definition) is 8. The zero-order valence-electron chi connectivity index (χ0n) is 29.0. The summed E-state index contributed by atoms with van der Waals surface area (Å²) in [6.45, 7) is 13.8. The summed E-state index contributed by atoms with van der Waals surface area (Å²) in [5.41, 5.74) is -2.90. The standard InChI is InChI=1S/C36H58O11/c1-31(2)10-12-36(30(45)47-29-25(42)24(41)23(40)20(16-37)46-29)13-11-34(6)17(22(36)28(31)44)8-9-21-33(5)14-19(39)27(43)32(3,4)26(33)18(38)15-35(21,34)7/h8,18-29,37-44H,9-16H2,1-7H3/t18-,19-,20-,21-,22-,23-,24+,25-,26-,27+,28+,29+,33-,34-,35-,36+/m1/s1. The van der Waals surface area contributed by atoms with E-state index in [1.807, 2.05) is 27.7 Å². The summed E-state index contributed by atoms with van der Waals surface area (Å²) in [6, 6.07) is 0. The van der Waals surface area contributed by atoms with E-state index in [1.54, 1.807) is 0 Å². The third-order valence-electron chi connectivity index (χ3n) is 15.2. The summed E-state index contributed by atoms with van der Waals surface area (Å²) >= 11 is 0. The van der Waals surface area contributed by atoms with Gasteiger partial charge in [0.25, 0.3) is 0 Å². The van der Waals surface area contributed by atoms with Crippen LogP contribution in [-0.4, -0.2) is 109 Å². The SMILES string of the molecule is CC1(C)CC[C@]2(C(=O)O[C@@H]3O[C@H](CO)[C@@H](O)[C@H](O)[C@H]3O)CC[C@]3(C)C(=CC[C@@H]4[C@@]5(C)C[C@@H](O)[C@H](O)C(C)(C)[C@H]5[C@H](O)C[C@]43C)[C@@H]2[C@@H]1O. The average Bonchev–Trinajstić information content (AvgIpc) is 2.98. The van der Waals surface area contributed by atoms with E-state index in [4.69, 9.17) is 9.47 Å².